The van der Waals surface area contributed by atoms with Gasteiger partial charge in [-0.1, -0.05) is 82.7 Å². The molecule has 1 unspecified atom stereocenters. The van der Waals surface area contributed by atoms with Crippen LogP contribution in [0.2, 0.25) is 0 Å². The predicted molar refractivity (Wildman–Crippen MR) is 111 cm³/mol. The molecular formula is C23H24BrNO. The maximum absolute atomic E-state index is 6.57. The van der Waals surface area contributed by atoms with Crippen LogP contribution in [0.5, 0.6) is 0 Å². The molecule has 0 aromatic heterocycles. The molecule has 134 valence electrons. The van der Waals surface area contributed by atoms with Crippen molar-refractivity contribution in [1.82, 2.24) is 0 Å². The third-order valence-electron chi connectivity index (χ3n) is 4.43. The van der Waals surface area contributed by atoms with Crippen molar-refractivity contribution in [3.63, 3.8) is 0 Å². The van der Waals surface area contributed by atoms with E-state index in [1.54, 1.807) is 0 Å². The van der Waals surface area contributed by atoms with Crippen molar-refractivity contribution in [2.75, 3.05) is 6.61 Å². The molecule has 3 aromatic carbocycles. The van der Waals surface area contributed by atoms with Crippen LogP contribution in [0.1, 0.15) is 28.2 Å². The van der Waals surface area contributed by atoms with Gasteiger partial charge in [0.15, 0.2) is 0 Å². The summed E-state index contributed by atoms with van der Waals surface area (Å²) in [5.41, 5.74) is 11.4. The summed E-state index contributed by atoms with van der Waals surface area (Å²) in [4.78, 5) is 0. The molecule has 0 aliphatic carbocycles. The second kappa shape index (κ2) is 9.13. The van der Waals surface area contributed by atoms with E-state index in [0.717, 1.165) is 10.0 Å². The van der Waals surface area contributed by atoms with Gasteiger partial charge in [0, 0.05) is 16.4 Å². The number of halogens is 1. The highest BCUT2D eigenvalue weighted by Gasteiger charge is 2.21. The molecule has 2 nitrogen and oxygen atoms in total. The van der Waals surface area contributed by atoms with E-state index in [-0.39, 0.29) is 12.0 Å². The molecule has 26 heavy (non-hydrogen) atoms. The summed E-state index contributed by atoms with van der Waals surface area (Å²) in [5.74, 6) is 0.113. The first-order valence-electron chi connectivity index (χ1n) is 8.83. The lowest BCUT2D eigenvalue weighted by Crippen LogP contribution is -2.34. The van der Waals surface area contributed by atoms with Crippen molar-refractivity contribution >= 4 is 15.9 Å². The highest BCUT2D eigenvalue weighted by molar-refractivity contribution is 9.10. The molecule has 3 rings (SSSR count). The van der Waals surface area contributed by atoms with Crippen LogP contribution in [0.4, 0.5) is 0 Å². The van der Waals surface area contributed by atoms with E-state index in [1.807, 2.05) is 12.1 Å². The molecule has 0 radical (unpaired) electrons. The van der Waals surface area contributed by atoms with Gasteiger partial charge in [-0.25, -0.2) is 0 Å². The van der Waals surface area contributed by atoms with Crippen molar-refractivity contribution in [2.24, 2.45) is 5.73 Å². The molecule has 0 amide bonds. The number of hydrogen-bond donors (Lipinski definition) is 1. The Bertz CT molecular complexity index is 760. The molecule has 0 fully saturated rings. The van der Waals surface area contributed by atoms with Crippen molar-refractivity contribution in [3.05, 3.63) is 106 Å². The Morgan fingerprint density at radius 1 is 0.885 bits per heavy atom. The number of rotatable bonds is 7. The monoisotopic (exact) mass is 409 g/mol. The van der Waals surface area contributed by atoms with Crippen LogP contribution >= 0.6 is 15.9 Å². The number of benzene rings is 3. The molecule has 3 aromatic rings. The maximum Gasteiger partial charge on any atom is 0.0718 e. The van der Waals surface area contributed by atoms with E-state index in [9.17, 15) is 0 Å². The molecule has 0 saturated carbocycles. The zero-order chi connectivity index (χ0) is 18.4. The zero-order valence-corrected chi connectivity index (χ0v) is 16.5. The lowest BCUT2D eigenvalue weighted by atomic mass is 9.86. The molecule has 0 bridgehead atoms. The summed E-state index contributed by atoms with van der Waals surface area (Å²) in [5, 5.41) is 0. The van der Waals surface area contributed by atoms with E-state index in [0.29, 0.717) is 13.2 Å². The van der Waals surface area contributed by atoms with Gasteiger partial charge in [0.2, 0.25) is 0 Å². The first-order valence-corrected chi connectivity index (χ1v) is 9.62. The van der Waals surface area contributed by atoms with Gasteiger partial charge in [-0.05, 0) is 41.3 Å². The normalized spacial score (nSPS) is 12.3. The van der Waals surface area contributed by atoms with Crippen LogP contribution in [-0.4, -0.2) is 12.6 Å². The minimum absolute atomic E-state index is 0.113. The third kappa shape index (κ3) is 5.04. The molecule has 0 saturated heterocycles. The highest BCUT2D eigenvalue weighted by atomic mass is 79.9. The van der Waals surface area contributed by atoms with Gasteiger partial charge < -0.3 is 10.5 Å². The minimum atomic E-state index is -0.118. The smallest absolute Gasteiger partial charge is 0.0718 e. The van der Waals surface area contributed by atoms with Gasteiger partial charge in [0.1, 0.15) is 0 Å². The number of ether oxygens (including phenoxy) is 1. The Morgan fingerprint density at radius 2 is 1.46 bits per heavy atom. The first kappa shape index (κ1) is 18.8. The molecule has 0 aliphatic rings. The Morgan fingerprint density at radius 3 is 2.00 bits per heavy atom. The number of nitrogens with two attached hydrogens (primary N) is 1. The Hall–Kier alpha value is -1.94. The molecular weight excluding hydrogens is 386 g/mol. The second-order valence-electron chi connectivity index (χ2n) is 6.61. The summed E-state index contributed by atoms with van der Waals surface area (Å²) in [7, 11) is 0. The van der Waals surface area contributed by atoms with Gasteiger partial charge >= 0.3 is 0 Å². The minimum Gasteiger partial charge on any atom is -0.375 e. The van der Waals surface area contributed by atoms with Gasteiger partial charge in [0.25, 0.3) is 0 Å². The fourth-order valence-electron chi connectivity index (χ4n) is 3.31. The van der Waals surface area contributed by atoms with Crippen LogP contribution in [0.15, 0.2) is 83.3 Å². The maximum atomic E-state index is 6.57. The molecule has 0 spiro atoms. The molecule has 0 heterocycles. The average molecular weight is 410 g/mol. The van der Waals surface area contributed by atoms with Crippen LogP contribution in [0.25, 0.3) is 0 Å². The SMILES string of the molecule is Cc1cc(Br)cc(COCC(N)C(c2ccccc2)c2ccccc2)c1. The highest BCUT2D eigenvalue weighted by Crippen LogP contribution is 2.27. The third-order valence-corrected chi connectivity index (χ3v) is 4.88. The molecule has 0 aliphatic heterocycles. The summed E-state index contributed by atoms with van der Waals surface area (Å²) in [6, 6.07) is 27.0. The fourth-order valence-corrected chi connectivity index (χ4v) is 3.97. The van der Waals surface area contributed by atoms with E-state index in [1.165, 1.54) is 16.7 Å². The van der Waals surface area contributed by atoms with E-state index in [4.69, 9.17) is 10.5 Å². The summed E-state index contributed by atoms with van der Waals surface area (Å²) >= 11 is 3.54. The summed E-state index contributed by atoms with van der Waals surface area (Å²) in [6.45, 7) is 3.14. The summed E-state index contributed by atoms with van der Waals surface area (Å²) < 4.78 is 7.05. The molecule has 2 N–H and O–H groups in total. The van der Waals surface area contributed by atoms with Crippen molar-refractivity contribution in [2.45, 2.75) is 25.5 Å². The van der Waals surface area contributed by atoms with Crippen LogP contribution in [0, 0.1) is 6.92 Å². The number of aryl methyl sites for hydroxylation is 1. The van der Waals surface area contributed by atoms with Gasteiger partial charge in [-0.15, -0.1) is 0 Å². The van der Waals surface area contributed by atoms with Gasteiger partial charge in [0.05, 0.1) is 13.2 Å². The average Bonchev–Trinajstić information content (AvgIpc) is 2.63. The lowest BCUT2D eigenvalue weighted by molar-refractivity contribution is 0.104. The predicted octanol–water partition coefficient (Wildman–Crippen LogP) is 5.43. The second-order valence-corrected chi connectivity index (χ2v) is 7.53. The van der Waals surface area contributed by atoms with Crippen LogP contribution < -0.4 is 5.73 Å². The number of hydrogen-bond acceptors (Lipinski definition) is 2. The van der Waals surface area contributed by atoms with E-state index >= 15 is 0 Å². The van der Waals surface area contributed by atoms with Crippen LogP contribution in [-0.2, 0) is 11.3 Å². The quantitative estimate of drug-likeness (QED) is 0.564. The fraction of sp³-hybridized carbons (Fsp3) is 0.217. The van der Waals surface area contributed by atoms with Crippen molar-refractivity contribution < 1.29 is 4.74 Å². The largest absolute Gasteiger partial charge is 0.375 e. The van der Waals surface area contributed by atoms with E-state index < -0.39 is 0 Å². The summed E-state index contributed by atoms with van der Waals surface area (Å²) in [6.07, 6.45) is 0. The van der Waals surface area contributed by atoms with Crippen molar-refractivity contribution in [3.8, 4) is 0 Å². The Labute approximate surface area is 164 Å². The Kier molecular flexibility index (Phi) is 6.62. The Balaban J connectivity index is 1.71. The standard InChI is InChI=1S/C23H24BrNO/c1-17-12-18(14-21(24)13-17)15-26-16-22(25)23(19-8-4-2-5-9-19)20-10-6-3-7-11-20/h2-14,22-23H,15-16,25H2,1H3. The zero-order valence-electron chi connectivity index (χ0n) is 14.9. The van der Waals surface area contributed by atoms with Gasteiger partial charge in [-0.2, -0.15) is 0 Å². The first-order chi connectivity index (χ1) is 12.6. The topological polar surface area (TPSA) is 35.2 Å². The molecule has 3 heteroatoms. The van der Waals surface area contributed by atoms with Crippen molar-refractivity contribution in [1.29, 1.82) is 0 Å². The van der Waals surface area contributed by atoms with Crippen LogP contribution in [0.3, 0.4) is 0 Å². The lowest BCUT2D eigenvalue weighted by Gasteiger charge is -2.25. The van der Waals surface area contributed by atoms with E-state index in [2.05, 4.69) is 89.6 Å². The van der Waals surface area contributed by atoms with Gasteiger partial charge in [-0.3, -0.25) is 0 Å². The molecule has 1 atom stereocenters.